The van der Waals surface area contributed by atoms with Gasteiger partial charge in [-0.3, -0.25) is 0 Å². The first-order valence-corrected chi connectivity index (χ1v) is 5.79. The van der Waals surface area contributed by atoms with Crippen LogP contribution in [-0.4, -0.2) is 13.2 Å². The van der Waals surface area contributed by atoms with Crippen molar-refractivity contribution in [3.05, 3.63) is 54.1 Å². The van der Waals surface area contributed by atoms with Crippen molar-refractivity contribution < 1.29 is 4.74 Å². The van der Waals surface area contributed by atoms with E-state index in [2.05, 4.69) is 37.3 Å². The molecule has 0 aliphatic heterocycles. The molecule has 88 valence electrons. The Bertz CT molecular complexity index is 494. The average Bonchev–Trinajstić information content (AvgIpc) is 2.37. The second kappa shape index (κ2) is 5.51. The van der Waals surface area contributed by atoms with Crippen LogP contribution in [0.25, 0.3) is 11.1 Å². The maximum atomic E-state index is 5.52. The molecule has 0 aliphatic rings. The second-order valence-corrected chi connectivity index (χ2v) is 4.03. The minimum Gasteiger partial charge on any atom is -0.492 e. The van der Waals surface area contributed by atoms with Crippen molar-refractivity contribution in [2.24, 2.45) is 5.73 Å². The molecule has 2 aromatic carbocycles. The van der Waals surface area contributed by atoms with Gasteiger partial charge in [0.05, 0.1) is 0 Å². The molecule has 0 aliphatic carbocycles. The zero-order chi connectivity index (χ0) is 12.1. The molecule has 0 heterocycles. The van der Waals surface area contributed by atoms with Gasteiger partial charge in [0, 0.05) is 6.54 Å². The van der Waals surface area contributed by atoms with Crippen molar-refractivity contribution in [2.75, 3.05) is 13.2 Å². The molecule has 0 aromatic heterocycles. The molecule has 0 spiro atoms. The predicted molar refractivity (Wildman–Crippen MR) is 71.2 cm³/mol. The maximum absolute atomic E-state index is 5.52. The Morgan fingerprint density at radius 2 is 1.71 bits per heavy atom. The van der Waals surface area contributed by atoms with E-state index in [1.165, 1.54) is 16.7 Å². The highest BCUT2D eigenvalue weighted by Crippen LogP contribution is 2.24. The Morgan fingerprint density at radius 1 is 1.00 bits per heavy atom. The Hall–Kier alpha value is -1.80. The topological polar surface area (TPSA) is 35.2 Å². The van der Waals surface area contributed by atoms with Crippen molar-refractivity contribution in [3.63, 3.8) is 0 Å². The third-order valence-electron chi connectivity index (χ3n) is 2.57. The summed E-state index contributed by atoms with van der Waals surface area (Å²) in [6.07, 6.45) is 0. The predicted octanol–water partition coefficient (Wildman–Crippen LogP) is 3.00. The molecular weight excluding hydrogens is 210 g/mol. The molecule has 0 amide bonds. The van der Waals surface area contributed by atoms with E-state index in [9.17, 15) is 0 Å². The number of aryl methyl sites for hydroxylation is 1. The number of rotatable bonds is 4. The van der Waals surface area contributed by atoms with Crippen LogP contribution in [0.4, 0.5) is 0 Å². The molecular formula is C15H17NO. The fourth-order valence-electron chi connectivity index (χ4n) is 1.77. The van der Waals surface area contributed by atoms with Gasteiger partial charge < -0.3 is 10.5 Å². The highest BCUT2D eigenvalue weighted by Gasteiger charge is 2.00. The van der Waals surface area contributed by atoms with Crippen LogP contribution in [0.2, 0.25) is 0 Å². The standard InChI is InChI=1S/C15H17NO/c1-12-4-2-5-13(10-12)14-6-3-7-15(11-14)17-9-8-16/h2-7,10-11H,8-9,16H2,1H3. The van der Waals surface area contributed by atoms with Gasteiger partial charge in [-0.2, -0.15) is 0 Å². The number of hydrogen-bond donors (Lipinski definition) is 1. The number of benzene rings is 2. The van der Waals surface area contributed by atoms with E-state index in [0.29, 0.717) is 13.2 Å². The minimum absolute atomic E-state index is 0.536. The van der Waals surface area contributed by atoms with E-state index in [1.807, 2.05) is 18.2 Å². The molecule has 0 saturated heterocycles. The summed E-state index contributed by atoms with van der Waals surface area (Å²) in [5.74, 6) is 0.870. The SMILES string of the molecule is Cc1cccc(-c2cccc(OCCN)c2)c1. The van der Waals surface area contributed by atoms with Crippen molar-refractivity contribution in [3.8, 4) is 16.9 Å². The summed E-state index contributed by atoms with van der Waals surface area (Å²) in [5, 5.41) is 0. The first-order valence-electron chi connectivity index (χ1n) is 5.79. The van der Waals surface area contributed by atoms with E-state index in [4.69, 9.17) is 10.5 Å². The van der Waals surface area contributed by atoms with E-state index in [0.717, 1.165) is 5.75 Å². The van der Waals surface area contributed by atoms with Gasteiger partial charge in [-0.25, -0.2) is 0 Å². The fourth-order valence-corrected chi connectivity index (χ4v) is 1.77. The summed E-state index contributed by atoms with van der Waals surface area (Å²) in [6.45, 7) is 3.18. The van der Waals surface area contributed by atoms with Gasteiger partial charge in [-0.1, -0.05) is 42.0 Å². The van der Waals surface area contributed by atoms with Gasteiger partial charge in [0.1, 0.15) is 12.4 Å². The van der Waals surface area contributed by atoms with Gasteiger partial charge in [-0.15, -0.1) is 0 Å². The summed E-state index contributed by atoms with van der Waals surface area (Å²) in [7, 11) is 0. The lowest BCUT2D eigenvalue weighted by Crippen LogP contribution is -2.10. The van der Waals surface area contributed by atoms with Crippen molar-refractivity contribution in [2.45, 2.75) is 6.92 Å². The van der Waals surface area contributed by atoms with Crippen molar-refractivity contribution in [1.82, 2.24) is 0 Å². The van der Waals surface area contributed by atoms with Crippen LogP contribution >= 0.6 is 0 Å². The second-order valence-electron chi connectivity index (χ2n) is 4.03. The molecule has 2 N–H and O–H groups in total. The summed E-state index contributed by atoms with van der Waals surface area (Å²) >= 11 is 0. The number of ether oxygens (including phenoxy) is 1. The molecule has 0 saturated carbocycles. The van der Waals surface area contributed by atoms with Gasteiger partial charge in [-0.05, 0) is 30.2 Å². The van der Waals surface area contributed by atoms with Gasteiger partial charge in [0.15, 0.2) is 0 Å². The fraction of sp³-hybridized carbons (Fsp3) is 0.200. The van der Waals surface area contributed by atoms with Crippen LogP contribution in [0, 0.1) is 6.92 Å². The lowest BCUT2D eigenvalue weighted by molar-refractivity contribution is 0.328. The van der Waals surface area contributed by atoms with E-state index in [1.54, 1.807) is 0 Å². The van der Waals surface area contributed by atoms with E-state index < -0.39 is 0 Å². The largest absolute Gasteiger partial charge is 0.492 e. The van der Waals surface area contributed by atoms with Gasteiger partial charge in [0.25, 0.3) is 0 Å². The summed E-state index contributed by atoms with van der Waals surface area (Å²) in [6, 6.07) is 16.5. The first-order chi connectivity index (χ1) is 8.29. The number of hydrogen-bond acceptors (Lipinski definition) is 2. The summed E-state index contributed by atoms with van der Waals surface area (Å²) in [4.78, 5) is 0. The first kappa shape index (κ1) is 11.7. The molecule has 0 fully saturated rings. The smallest absolute Gasteiger partial charge is 0.119 e. The lowest BCUT2D eigenvalue weighted by atomic mass is 10.0. The normalized spacial score (nSPS) is 10.2. The molecule has 2 rings (SSSR count). The quantitative estimate of drug-likeness (QED) is 0.871. The maximum Gasteiger partial charge on any atom is 0.119 e. The molecule has 0 radical (unpaired) electrons. The molecule has 0 bridgehead atoms. The van der Waals surface area contributed by atoms with Gasteiger partial charge >= 0.3 is 0 Å². The van der Waals surface area contributed by atoms with Crippen LogP contribution in [0.3, 0.4) is 0 Å². The third kappa shape index (κ3) is 3.08. The van der Waals surface area contributed by atoms with E-state index >= 15 is 0 Å². The van der Waals surface area contributed by atoms with Crippen LogP contribution < -0.4 is 10.5 Å². The summed E-state index contributed by atoms with van der Waals surface area (Å²) in [5.41, 5.74) is 9.06. The number of nitrogens with two attached hydrogens (primary N) is 1. The average molecular weight is 227 g/mol. The van der Waals surface area contributed by atoms with Crippen LogP contribution in [0.15, 0.2) is 48.5 Å². The molecule has 2 nitrogen and oxygen atoms in total. The Balaban J connectivity index is 2.26. The Kier molecular flexibility index (Phi) is 3.78. The molecule has 2 heteroatoms. The van der Waals surface area contributed by atoms with Crippen LogP contribution in [0.1, 0.15) is 5.56 Å². The van der Waals surface area contributed by atoms with Crippen molar-refractivity contribution >= 4 is 0 Å². The van der Waals surface area contributed by atoms with Gasteiger partial charge in [0.2, 0.25) is 0 Å². The third-order valence-corrected chi connectivity index (χ3v) is 2.57. The molecule has 17 heavy (non-hydrogen) atoms. The van der Waals surface area contributed by atoms with Crippen LogP contribution in [0.5, 0.6) is 5.75 Å². The highest BCUT2D eigenvalue weighted by molar-refractivity contribution is 5.65. The molecule has 0 atom stereocenters. The lowest BCUT2D eigenvalue weighted by Gasteiger charge is -2.07. The Morgan fingerprint density at radius 3 is 2.41 bits per heavy atom. The summed E-state index contributed by atoms with van der Waals surface area (Å²) < 4.78 is 5.52. The van der Waals surface area contributed by atoms with Crippen molar-refractivity contribution in [1.29, 1.82) is 0 Å². The van der Waals surface area contributed by atoms with E-state index in [-0.39, 0.29) is 0 Å². The molecule has 2 aromatic rings. The zero-order valence-electron chi connectivity index (χ0n) is 10.0. The zero-order valence-corrected chi connectivity index (χ0v) is 10.0. The Labute approximate surface area is 102 Å². The monoisotopic (exact) mass is 227 g/mol. The minimum atomic E-state index is 0.536. The highest BCUT2D eigenvalue weighted by atomic mass is 16.5. The van der Waals surface area contributed by atoms with Crippen LogP contribution in [-0.2, 0) is 0 Å². The molecule has 0 unspecified atom stereocenters.